The molecule has 0 heterocycles. The van der Waals surface area contributed by atoms with Gasteiger partial charge in [-0.1, -0.05) is 0 Å². The molecule has 0 aromatic carbocycles. The van der Waals surface area contributed by atoms with Crippen molar-refractivity contribution in [2.45, 2.75) is 27.5 Å². The van der Waals surface area contributed by atoms with E-state index in [1.165, 1.54) is 0.815 Å². The van der Waals surface area contributed by atoms with E-state index in [2.05, 4.69) is 7.19 Å². The zero-order valence-corrected chi connectivity index (χ0v) is 8.33. The molecule has 0 bridgehead atoms. The summed E-state index contributed by atoms with van der Waals surface area (Å²) in [5, 5.41) is 0. The fraction of sp³-hybridized carbons (Fsp3) is 0.833. The normalized spacial score (nSPS) is 9.11. The van der Waals surface area contributed by atoms with Crippen LogP contribution in [0.3, 0.4) is 0 Å². The van der Waals surface area contributed by atoms with Gasteiger partial charge in [0.15, 0.2) is 0 Å². The summed E-state index contributed by atoms with van der Waals surface area (Å²) in [5.41, 5.74) is 0. The molecule has 0 fully saturated rings. The zero-order valence-electron chi connectivity index (χ0n) is 5.91. The van der Waals surface area contributed by atoms with E-state index in [-0.39, 0.29) is 51.0 Å². The molecular weight excluding hydrogens is 254 g/mol. The van der Waals surface area contributed by atoms with Crippen molar-refractivity contribution >= 4 is 5.91 Å². The molecule has 0 radical (unpaired) electrons. The molecule has 0 saturated carbocycles. The second-order valence-electron chi connectivity index (χ2n) is 1.67. The summed E-state index contributed by atoms with van der Waals surface area (Å²) in [7, 11) is 0. The molecule has 1 amide bonds. The summed E-state index contributed by atoms with van der Waals surface area (Å²) >= 11 is -0.352. The molecule has 3 heteroatoms. The Morgan fingerprint density at radius 1 is 1.56 bits per heavy atom. The molecule has 0 aliphatic rings. The Bertz CT molecular complexity index is 85.1. The van der Waals surface area contributed by atoms with E-state index in [1.54, 1.807) is 0 Å². The van der Waals surface area contributed by atoms with Crippen LogP contribution in [0.25, 0.3) is 0 Å². The first-order valence-corrected chi connectivity index (χ1v) is 6.11. The number of rotatable bonds is 4. The van der Waals surface area contributed by atoms with Crippen molar-refractivity contribution in [3.63, 3.8) is 0 Å². The number of hydrogen-bond acceptors (Lipinski definition) is 1. The van der Waals surface area contributed by atoms with Crippen LogP contribution < -0.4 is 0.262 Å². The number of nitrogens with one attached hydrogen (secondary N) is 1. The quantitative estimate of drug-likeness (QED) is 0.818. The number of amides is 1. The minimum atomic E-state index is -0.352. The van der Waals surface area contributed by atoms with Crippen LogP contribution in [0.1, 0.15) is 26.7 Å². The van der Waals surface area contributed by atoms with Crippen LogP contribution >= 0.6 is 0 Å². The van der Waals surface area contributed by atoms with Crippen molar-refractivity contribution in [1.29, 1.82) is 0 Å². The number of carbonyl (C=O) groups excluding carboxylic acids is 1. The van der Waals surface area contributed by atoms with Crippen molar-refractivity contribution in [2.75, 3.05) is 0 Å². The second-order valence-corrected chi connectivity index (χ2v) is 4.85. The molecule has 0 aromatic heterocycles. The predicted molar refractivity (Wildman–Crippen MR) is 33.5 cm³/mol. The molecule has 0 spiro atoms. The molecule has 55 valence electrons. The Morgan fingerprint density at radius 2 is 2.22 bits per heavy atom. The third-order valence-corrected chi connectivity index (χ3v) is 2.75. The number of carbonyl (C=O) groups is 1. The van der Waals surface area contributed by atoms with Gasteiger partial charge in [-0.25, -0.2) is 0 Å². The van der Waals surface area contributed by atoms with Gasteiger partial charge in [-0.2, -0.15) is 0 Å². The van der Waals surface area contributed by atoms with Crippen molar-refractivity contribution < 1.29 is 49.9 Å². The standard InChI is InChI=1S/C4H9NO.C2H5.Eu/c1-2-3-4(5)6;1-2;/h2-3H2,1H3,(H2,5,6);1H2,2H3;/q;;+1/p-1. The van der Waals surface area contributed by atoms with Crippen molar-refractivity contribution in [1.82, 2.24) is 0.262 Å². The molecule has 2 nitrogen and oxygen atoms in total. The van der Waals surface area contributed by atoms with Crippen LogP contribution in [0, 0.1) is 45.1 Å². The zero-order chi connectivity index (χ0) is 7.11. The van der Waals surface area contributed by atoms with Gasteiger partial charge in [0.2, 0.25) is 0 Å². The third-order valence-electron chi connectivity index (χ3n) is 0.783. The first kappa shape index (κ1) is 10.1. The van der Waals surface area contributed by atoms with Crippen molar-refractivity contribution in [3.8, 4) is 0 Å². The average Bonchev–Trinajstić information content (AvgIpc) is 1.85. The second kappa shape index (κ2) is 7.16. The Balaban J connectivity index is 3.06. The van der Waals surface area contributed by atoms with Crippen molar-refractivity contribution in [3.05, 3.63) is 0 Å². The predicted octanol–water partition coefficient (Wildman–Crippen LogP) is 1.34. The van der Waals surface area contributed by atoms with E-state index < -0.39 is 0 Å². The summed E-state index contributed by atoms with van der Waals surface area (Å²) < 4.78 is 4.12. The Morgan fingerprint density at radius 3 is 2.67 bits per heavy atom. The van der Waals surface area contributed by atoms with Gasteiger partial charge in [0, 0.05) is 0 Å². The fourth-order valence-electron chi connectivity index (χ4n) is 0.416. The summed E-state index contributed by atoms with van der Waals surface area (Å²) in [5.74, 6) is 0.248. The summed E-state index contributed by atoms with van der Waals surface area (Å²) in [4.78, 5) is 10.7. The molecule has 0 unspecified atom stereocenters. The summed E-state index contributed by atoms with van der Waals surface area (Å²) in [6.45, 7) is 4.14. The van der Waals surface area contributed by atoms with Gasteiger partial charge >= 0.3 is 83.6 Å². The van der Waals surface area contributed by atoms with Gasteiger partial charge < -0.3 is 0 Å². The van der Waals surface area contributed by atoms with Crippen LogP contribution in [0.15, 0.2) is 0 Å². The maximum absolute atomic E-state index is 10.7. The number of hydrogen-bond donors (Lipinski definition) is 1. The maximum atomic E-state index is 10.7. The van der Waals surface area contributed by atoms with Crippen molar-refractivity contribution in [2.24, 2.45) is 0 Å². The monoisotopic (exact) mass is 268 g/mol. The van der Waals surface area contributed by atoms with E-state index in [0.29, 0.717) is 6.42 Å². The Hall–Kier alpha value is 1.05. The summed E-state index contributed by atoms with van der Waals surface area (Å²) in [6.07, 6.45) is 1.67. The minimum absolute atomic E-state index is 0.248. The van der Waals surface area contributed by atoms with Crippen LogP contribution in [0.2, 0.25) is 0.815 Å². The van der Waals surface area contributed by atoms with E-state index in [9.17, 15) is 4.79 Å². The van der Waals surface area contributed by atoms with Crippen LogP contribution in [0.4, 0.5) is 0 Å². The molecule has 0 rings (SSSR count). The average molecular weight is 267 g/mol. The molecule has 0 aliphatic heterocycles. The molecular formula is C6H13EuNO. The topological polar surface area (TPSA) is 29.1 Å². The molecule has 0 atom stereocenters. The van der Waals surface area contributed by atoms with E-state index in [1.807, 2.05) is 6.92 Å². The van der Waals surface area contributed by atoms with Gasteiger partial charge in [0.25, 0.3) is 0 Å². The van der Waals surface area contributed by atoms with E-state index in [0.717, 1.165) is 6.42 Å². The Kier molecular flexibility index (Phi) is 8.00. The van der Waals surface area contributed by atoms with Crippen LogP contribution in [-0.2, 0) is 4.79 Å². The van der Waals surface area contributed by atoms with Gasteiger partial charge in [-0.3, -0.25) is 0 Å². The first-order chi connectivity index (χ1) is 4.31. The van der Waals surface area contributed by atoms with E-state index in [4.69, 9.17) is 0 Å². The summed E-state index contributed by atoms with van der Waals surface area (Å²) in [6, 6.07) is 0. The van der Waals surface area contributed by atoms with Gasteiger partial charge in [-0.05, 0) is 0 Å². The SMILES string of the molecule is CCCC(=O)[NH][Eu][CH2]C. The first-order valence-electron chi connectivity index (χ1n) is 3.18. The molecule has 0 aliphatic carbocycles. The van der Waals surface area contributed by atoms with E-state index >= 15 is 0 Å². The van der Waals surface area contributed by atoms with Crippen LogP contribution in [0.5, 0.6) is 0 Å². The van der Waals surface area contributed by atoms with Gasteiger partial charge in [0.1, 0.15) is 0 Å². The van der Waals surface area contributed by atoms with Gasteiger partial charge in [-0.15, -0.1) is 0 Å². The molecule has 9 heavy (non-hydrogen) atoms. The molecule has 1 N–H and O–H groups in total. The third kappa shape index (κ3) is 6.95. The fourth-order valence-corrected chi connectivity index (χ4v) is 1.63. The molecule has 0 aromatic rings. The van der Waals surface area contributed by atoms with Crippen LogP contribution in [-0.4, -0.2) is 5.91 Å². The Labute approximate surface area is 82.2 Å². The molecule has 0 saturated heterocycles. The van der Waals surface area contributed by atoms with Gasteiger partial charge in [0.05, 0.1) is 0 Å².